The first kappa shape index (κ1) is 16.2. The average Bonchev–Trinajstić information content (AvgIpc) is 2.91. The average molecular weight is 367 g/mol. The van der Waals surface area contributed by atoms with Crippen molar-refractivity contribution in [3.05, 3.63) is 16.8 Å². The molecule has 0 amide bonds. The van der Waals surface area contributed by atoms with Crippen molar-refractivity contribution in [1.29, 1.82) is 0 Å². The molecule has 130 valence electrons. The van der Waals surface area contributed by atoms with Gasteiger partial charge in [0.1, 0.15) is 17.0 Å². The zero-order valence-electron chi connectivity index (χ0n) is 14.0. The molecule has 1 saturated heterocycles. The van der Waals surface area contributed by atoms with E-state index in [0.717, 1.165) is 29.4 Å². The van der Waals surface area contributed by atoms with Crippen LogP contribution in [0.15, 0.2) is 6.33 Å². The number of fused-ring (bicyclic) bond motifs is 3. The number of piperazine rings is 1. The van der Waals surface area contributed by atoms with Crippen molar-refractivity contribution < 1.29 is 8.42 Å². The summed E-state index contributed by atoms with van der Waals surface area (Å²) in [6, 6.07) is 0. The largest absolute Gasteiger partial charge is 0.353 e. The molecular weight excluding hydrogens is 344 g/mol. The van der Waals surface area contributed by atoms with E-state index in [1.54, 1.807) is 22.0 Å². The van der Waals surface area contributed by atoms with E-state index in [9.17, 15) is 8.42 Å². The van der Waals surface area contributed by atoms with Crippen molar-refractivity contribution in [2.24, 2.45) is 5.92 Å². The first-order valence-electron chi connectivity index (χ1n) is 8.39. The van der Waals surface area contributed by atoms with E-state index in [0.29, 0.717) is 26.2 Å². The second kappa shape index (κ2) is 5.93. The lowest BCUT2D eigenvalue weighted by molar-refractivity contribution is 0.387. The fourth-order valence-electron chi connectivity index (χ4n) is 3.73. The van der Waals surface area contributed by atoms with Gasteiger partial charge in [0.2, 0.25) is 10.0 Å². The predicted molar refractivity (Wildman–Crippen MR) is 97.2 cm³/mol. The summed E-state index contributed by atoms with van der Waals surface area (Å²) >= 11 is 1.80. The van der Waals surface area contributed by atoms with Crippen LogP contribution in [0.25, 0.3) is 10.2 Å². The molecule has 8 heteroatoms. The van der Waals surface area contributed by atoms with Crippen LogP contribution in [-0.2, 0) is 22.9 Å². The van der Waals surface area contributed by atoms with Gasteiger partial charge in [0, 0.05) is 31.1 Å². The lowest BCUT2D eigenvalue weighted by Gasteiger charge is -2.34. The van der Waals surface area contributed by atoms with E-state index in [1.165, 1.54) is 28.5 Å². The molecule has 3 heterocycles. The summed E-state index contributed by atoms with van der Waals surface area (Å²) in [6.45, 7) is 4.71. The lowest BCUT2D eigenvalue weighted by atomic mass is 9.89. The quantitative estimate of drug-likeness (QED) is 0.812. The van der Waals surface area contributed by atoms with E-state index < -0.39 is 10.0 Å². The Hall–Kier alpha value is -1.25. The molecule has 4 rings (SSSR count). The third-order valence-electron chi connectivity index (χ3n) is 5.08. The highest BCUT2D eigenvalue weighted by Gasteiger charge is 2.28. The first-order valence-corrected chi connectivity index (χ1v) is 11.1. The van der Waals surface area contributed by atoms with Crippen molar-refractivity contribution in [2.45, 2.75) is 26.2 Å². The Balaban J connectivity index is 1.68. The molecule has 0 aromatic carbocycles. The van der Waals surface area contributed by atoms with Crippen LogP contribution in [0.4, 0.5) is 5.82 Å². The lowest BCUT2D eigenvalue weighted by Crippen LogP contribution is -2.48. The minimum atomic E-state index is -3.11. The standard InChI is InChI=1S/C16H22N4O2S2/c1-11-3-4-12-13(9-11)23-16-14(12)15(17-10-18-16)19-5-7-20(8-6-19)24(2,21)22/h10-11H,3-9H2,1-2H3. The summed E-state index contributed by atoms with van der Waals surface area (Å²) in [5.74, 6) is 1.72. The number of rotatable bonds is 2. The van der Waals surface area contributed by atoms with E-state index >= 15 is 0 Å². The highest BCUT2D eigenvalue weighted by molar-refractivity contribution is 7.88. The highest BCUT2D eigenvalue weighted by Crippen LogP contribution is 2.40. The molecule has 0 radical (unpaired) electrons. The molecule has 0 N–H and O–H groups in total. The van der Waals surface area contributed by atoms with Gasteiger partial charge in [-0.3, -0.25) is 0 Å². The van der Waals surface area contributed by atoms with Gasteiger partial charge in [-0.1, -0.05) is 6.92 Å². The third kappa shape index (κ3) is 2.80. The minimum absolute atomic E-state index is 0.522. The predicted octanol–water partition coefficient (Wildman–Crippen LogP) is 1.90. The van der Waals surface area contributed by atoms with E-state index in [1.807, 2.05) is 0 Å². The number of hydrogen-bond donors (Lipinski definition) is 0. The maximum absolute atomic E-state index is 11.7. The molecule has 0 saturated carbocycles. The Bertz CT molecular complexity index is 870. The normalized spacial score (nSPS) is 22.8. The van der Waals surface area contributed by atoms with Crippen LogP contribution in [0.5, 0.6) is 0 Å². The molecule has 1 aliphatic heterocycles. The van der Waals surface area contributed by atoms with Crippen LogP contribution in [0.2, 0.25) is 0 Å². The molecule has 24 heavy (non-hydrogen) atoms. The molecule has 1 fully saturated rings. The second-order valence-electron chi connectivity index (χ2n) is 6.88. The van der Waals surface area contributed by atoms with E-state index in [-0.39, 0.29) is 0 Å². The zero-order chi connectivity index (χ0) is 16.9. The third-order valence-corrected chi connectivity index (χ3v) is 7.54. The molecule has 0 bridgehead atoms. The summed E-state index contributed by atoms with van der Waals surface area (Å²) < 4.78 is 25.0. The molecule has 0 spiro atoms. The molecule has 2 aliphatic rings. The second-order valence-corrected chi connectivity index (χ2v) is 9.94. The van der Waals surface area contributed by atoms with Gasteiger partial charge in [0.25, 0.3) is 0 Å². The van der Waals surface area contributed by atoms with Crippen LogP contribution >= 0.6 is 11.3 Å². The van der Waals surface area contributed by atoms with Gasteiger partial charge >= 0.3 is 0 Å². The van der Waals surface area contributed by atoms with Crippen molar-refractivity contribution in [2.75, 3.05) is 37.3 Å². The molecular formula is C16H22N4O2S2. The Morgan fingerprint density at radius 3 is 2.67 bits per heavy atom. The number of aryl methyl sites for hydroxylation is 1. The van der Waals surface area contributed by atoms with Crippen molar-refractivity contribution in [3.63, 3.8) is 0 Å². The Morgan fingerprint density at radius 1 is 1.21 bits per heavy atom. The summed E-state index contributed by atoms with van der Waals surface area (Å²) in [5, 5.41) is 1.21. The summed E-state index contributed by atoms with van der Waals surface area (Å²) in [7, 11) is -3.11. The van der Waals surface area contributed by atoms with Gasteiger partial charge in [-0.25, -0.2) is 18.4 Å². The van der Waals surface area contributed by atoms with Crippen molar-refractivity contribution in [1.82, 2.24) is 14.3 Å². The van der Waals surface area contributed by atoms with Crippen molar-refractivity contribution in [3.8, 4) is 0 Å². The van der Waals surface area contributed by atoms with Crippen LogP contribution < -0.4 is 4.90 Å². The number of anilines is 1. The SMILES string of the molecule is CC1CCc2c(sc3ncnc(N4CCN(S(C)(=O)=O)CC4)c23)C1. The fraction of sp³-hybridized carbons (Fsp3) is 0.625. The highest BCUT2D eigenvalue weighted by atomic mass is 32.2. The van der Waals surface area contributed by atoms with Gasteiger partial charge in [0.15, 0.2) is 0 Å². The van der Waals surface area contributed by atoms with E-state index in [4.69, 9.17) is 0 Å². The summed E-state index contributed by atoms with van der Waals surface area (Å²) in [5.41, 5.74) is 1.43. The van der Waals surface area contributed by atoms with Crippen LogP contribution in [0.3, 0.4) is 0 Å². The molecule has 2 aromatic heterocycles. The zero-order valence-corrected chi connectivity index (χ0v) is 15.7. The molecule has 1 atom stereocenters. The number of sulfonamides is 1. The van der Waals surface area contributed by atoms with Crippen LogP contribution in [-0.4, -0.2) is 55.1 Å². The Labute approximate surface area is 146 Å². The monoisotopic (exact) mass is 366 g/mol. The summed E-state index contributed by atoms with van der Waals surface area (Å²) in [4.78, 5) is 13.8. The summed E-state index contributed by atoms with van der Waals surface area (Å²) in [6.07, 6.45) is 6.38. The molecule has 1 aliphatic carbocycles. The first-order chi connectivity index (χ1) is 11.4. The number of nitrogens with zero attached hydrogens (tertiary/aromatic N) is 4. The maximum atomic E-state index is 11.7. The van der Waals surface area contributed by atoms with Gasteiger partial charge < -0.3 is 4.90 Å². The Morgan fingerprint density at radius 2 is 1.96 bits per heavy atom. The molecule has 1 unspecified atom stereocenters. The van der Waals surface area contributed by atoms with Crippen LogP contribution in [0, 0.1) is 5.92 Å². The van der Waals surface area contributed by atoms with Gasteiger partial charge in [-0.15, -0.1) is 11.3 Å². The van der Waals surface area contributed by atoms with Crippen LogP contribution in [0.1, 0.15) is 23.8 Å². The minimum Gasteiger partial charge on any atom is -0.353 e. The maximum Gasteiger partial charge on any atom is 0.211 e. The number of hydrogen-bond acceptors (Lipinski definition) is 6. The van der Waals surface area contributed by atoms with Gasteiger partial charge in [0.05, 0.1) is 11.6 Å². The fourth-order valence-corrected chi connectivity index (χ4v) is 5.90. The molecule has 2 aromatic rings. The topological polar surface area (TPSA) is 66.4 Å². The number of thiophene rings is 1. The van der Waals surface area contributed by atoms with E-state index in [2.05, 4.69) is 21.8 Å². The van der Waals surface area contributed by atoms with Crippen molar-refractivity contribution >= 4 is 37.4 Å². The molecule has 6 nitrogen and oxygen atoms in total. The Kier molecular flexibility index (Phi) is 4.01. The smallest absolute Gasteiger partial charge is 0.211 e. The van der Waals surface area contributed by atoms with Gasteiger partial charge in [-0.05, 0) is 30.7 Å². The number of aromatic nitrogens is 2. The van der Waals surface area contributed by atoms with Gasteiger partial charge in [-0.2, -0.15) is 4.31 Å².